The number of fused-ring (bicyclic) bond motifs is 1. The monoisotopic (exact) mass is 425 g/mol. The molecule has 2 amide bonds. The van der Waals surface area contributed by atoms with Gasteiger partial charge in [-0.2, -0.15) is 0 Å². The topological polar surface area (TPSA) is 130 Å². The quantitative estimate of drug-likeness (QED) is 0.421. The maximum absolute atomic E-state index is 12.6. The second kappa shape index (κ2) is 7.57. The summed E-state index contributed by atoms with van der Waals surface area (Å²) in [5.74, 6) is -2.24. The molecule has 9 nitrogen and oxygen atoms in total. The summed E-state index contributed by atoms with van der Waals surface area (Å²) in [6.07, 6.45) is -0.121. The Morgan fingerprint density at radius 2 is 2.07 bits per heavy atom. The summed E-state index contributed by atoms with van der Waals surface area (Å²) in [5.41, 5.74) is 0.0202. The van der Waals surface area contributed by atoms with Crippen LogP contribution in [0.2, 0.25) is 0 Å². The van der Waals surface area contributed by atoms with Gasteiger partial charge in [-0.1, -0.05) is 6.92 Å². The summed E-state index contributed by atoms with van der Waals surface area (Å²) in [6, 6.07) is -0.666. The van der Waals surface area contributed by atoms with Gasteiger partial charge in [0, 0.05) is 35.7 Å². The smallest absolute Gasteiger partial charge is 0.353 e. The summed E-state index contributed by atoms with van der Waals surface area (Å²) in [4.78, 5) is 40.6. The zero-order valence-corrected chi connectivity index (χ0v) is 17.3. The minimum absolute atomic E-state index is 0.0158. The molecule has 10 heteroatoms. The molecule has 4 N–H and O–H groups in total. The van der Waals surface area contributed by atoms with Crippen LogP contribution in [-0.2, 0) is 14.4 Å². The average molecular weight is 426 g/mol. The first-order chi connectivity index (χ1) is 13.7. The van der Waals surface area contributed by atoms with Crippen LogP contribution in [0.5, 0.6) is 0 Å². The molecular weight excluding hydrogens is 398 g/mol. The van der Waals surface area contributed by atoms with Gasteiger partial charge < -0.3 is 30.4 Å². The molecule has 3 saturated heterocycles. The summed E-state index contributed by atoms with van der Waals surface area (Å²) in [5, 5.41) is 32.5. The number of carbonyl (C=O) groups excluding carboxylic acids is 2. The minimum Gasteiger partial charge on any atom is -0.477 e. The molecule has 4 aliphatic heterocycles. The highest BCUT2D eigenvalue weighted by atomic mass is 32.2. The first kappa shape index (κ1) is 20.6. The predicted molar refractivity (Wildman–Crippen MR) is 105 cm³/mol. The first-order valence-corrected chi connectivity index (χ1v) is 10.9. The van der Waals surface area contributed by atoms with Crippen LogP contribution in [0, 0.1) is 11.8 Å². The Kier molecular flexibility index (Phi) is 5.39. The number of carboxylic acids is 1. The highest BCUT2D eigenvalue weighted by Crippen LogP contribution is 2.51. The van der Waals surface area contributed by atoms with E-state index in [9.17, 15) is 29.7 Å². The van der Waals surface area contributed by atoms with Crippen LogP contribution >= 0.6 is 11.8 Å². The molecule has 29 heavy (non-hydrogen) atoms. The van der Waals surface area contributed by atoms with Crippen molar-refractivity contribution in [2.24, 2.45) is 11.8 Å². The van der Waals surface area contributed by atoms with Crippen LogP contribution in [0.3, 0.4) is 0 Å². The molecule has 0 aliphatic carbocycles. The van der Waals surface area contributed by atoms with E-state index in [1.807, 2.05) is 6.92 Å². The molecule has 4 heterocycles. The fourth-order valence-corrected chi connectivity index (χ4v) is 6.48. The lowest BCUT2D eigenvalue weighted by Gasteiger charge is -2.46. The fraction of sp³-hybridized carbons (Fsp3) is 0.737. The standard InChI is InChI=1S/C19H27N3O6S/c1-8-14-13(9(2)23)18(26)22(14)15(19(27)28)16(8)29-11-5-12(20-6-11)17(25)21-4-3-10(24)7-21/h8-14,20,23-24H,3-7H2,1-2H3,(H,27,28)/t8-,9-,10?,11+,12+,13-,14-/m1/s1. The number of thioether (sulfide) groups is 1. The Balaban J connectivity index is 1.46. The van der Waals surface area contributed by atoms with E-state index in [-0.39, 0.29) is 40.8 Å². The number of nitrogens with one attached hydrogen (secondary N) is 1. The number of aliphatic hydroxyl groups is 2. The number of nitrogens with zero attached hydrogens (tertiary/aromatic N) is 2. The van der Waals surface area contributed by atoms with E-state index in [1.165, 1.54) is 16.7 Å². The van der Waals surface area contributed by atoms with Crippen molar-refractivity contribution in [1.29, 1.82) is 0 Å². The van der Waals surface area contributed by atoms with Crippen LogP contribution in [-0.4, -0.2) is 92.1 Å². The van der Waals surface area contributed by atoms with Gasteiger partial charge in [-0.25, -0.2) is 4.79 Å². The molecule has 0 spiro atoms. The number of likely N-dealkylation sites (tertiary alicyclic amines) is 1. The number of aliphatic carboxylic acids is 1. The normalized spacial score (nSPS) is 37.7. The van der Waals surface area contributed by atoms with Gasteiger partial charge in [0.1, 0.15) is 5.70 Å². The zero-order chi connectivity index (χ0) is 21.0. The maximum Gasteiger partial charge on any atom is 0.353 e. The largest absolute Gasteiger partial charge is 0.477 e. The summed E-state index contributed by atoms with van der Waals surface area (Å²) >= 11 is 1.43. The van der Waals surface area contributed by atoms with E-state index in [2.05, 4.69) is 5.32 Å². The number of amides is 2. The Labute approximate surface area is 173 Å². The fourth-order valence-electron chi connectivity index (χ4n) is 5.00. The van der Waals surface area contributed by atoms with Gasteiger partial charge in [-0.05, 0) is 19.8 Å². The number of β-amino-alcohol motifs (C(OH)–C–C–N with tert-alkyl or cyclic N) is 1. The molecule has 0 saturated carbocycles. The van der Waals surface area contributed by atoms with Gasteiger partial charge in [0.2, 0.25) is 11.8 Å². The van der Waals surface area contributed by atoms with Gasteiger partial charge in [0.05, 0.1) is 30.2 Å². The lowest BCUT2D eigenvalue weighted by molar-refractivity contribution is -0.163. The molecular formula is C19H27N3O6S. The van der Waals surface area contributed by atoms with Crippen molar-refractivity contribution < 1.29 is 29.7 Å². The van der Waals surface area contributed by atoms with Gasteiger partial charge in [0.15, 0.2) is 0 Å². The highest BCUT2D eigenvalue weighted by Gasteiger charge is 2.60. The van der Waals surface area contributed by atoms with Crippen LogP contribution < -0.4 is 5.32 Å². The molecule has 0 aromatic heterocycles. The zero-order valence-electron chi connectivity index (χ0n) is 16.4. The Bertz CT molecular complexity index is 771. The van der Waals surface area contributed by atoms with E-state index in [0.717, 1.165) is 0 Å². The Morgan fingerprint density at radius 3 is 2.66 bits per heavy atom. The molecule has 4 rings (SSSR count). The number of hydrogen-bond acceptors (Lipinski definition) is 7. The van der Waals surface area contributed by atoms with Gasteiger partial charge in [-0.15, -0.1) is 11.8 Å². The van der Waals surface area contributed by atoms with Crippen LogP contribution in [0.4, 0.5) is 0 Å². The summed E-state index contributed by atoms with van der Waals surface area (Å²) in [7, 11) is 0. The third kappa shape index (κ3) is 3.35. The Hall–Kier alpha value is -1.62. The molecule has 1 unspecified atom stereocenters. The van der Waals surface area contributed by atoms with Crippen LogP contribution in [0.25, 0.3) is 0 Å². The lowest BCUT2D eigenvalue weighted by atomic mass is 9.79. The predicted octanol–water partition coefficient (Wildman–Crippen LogP) is -0.803. The van der Waals surface area contributed by atoms with Crippen molar-refractivity contribution in [2.75, 3.05) is 19.6 Å². The summed E-state index contributed by atoms with van der Waals surface area (Å²) in [6.45, 7) is 4.94. The van der Waals surface area contributed by atoms with E-state index in [0.29, 0.717) is 37.4 Å². The number of carbonyl (C=O) groups is 3. The second-order valence-corrected chi connectivity index (χ2v) is 9.78. The number of β-lactam (4-membered cyclic amide) rings is 1. The SMILES string of the molecule is C[C@@H](O)[C@H]1C(=O)N2C(C(=O)O)=C(S[C@@H]3CN[C@H](C(=O)N4CCC(O)C4)C3)[C@H](C)[C@H]12. The van der Waals surface area contributed by atoms with Crippen molar-refractivity contribution in [3.63, 3.8) is 0 Å². The molecule has 3 fully saturated rings. The molecule has 7 atom stereocenters. The molecule has 0 bridgehead atoms. The van der Waals surface area contributed by atoms with Crippen molar-refractivity contribution in [3.05, 3.63) is 10.6 Å². The second-order valence-electron chi connectivity index (χ2n) is 8.44. The van der Waals surface area contributed by atoms with Gasteiger partial charge in [-0.3, -0.25) is 9.59 Å². The first-order valence-electron chi connectivity index (χ1n) is 10.1. The number of rotatable bonds is 5. The van der Waals surface area contributed by atoms with Gasteiger partial charge >= 0.3 is 5.97 Å². The molecule has 0 aromatic carbocycles. The van der Waals surface area contributed by atoms with E-state index in [1.54, 1.807) is 11.8 Å². The minimum atomic E-state index is -1.14. The number of carboxylic acid groups (broad SMARTS) is 1. The third-order valence-corrected chi connectivity index (χ3v) is 7.98. The van der Waals surface area contributed by atoms with Crippen LogP contribution in [0.15, 0.2) is 10.6 Å². The Morgan fingerprint density at radius 1 is 1.34 bits per heavy atom. The van der Waals surface area contributed by atoms with Gasteiger partial charge in [0.25, 0.3) is 0 Å². The average Bonchev–Trinajstić information content (AvgIpc) is 3.33. The van der Waals surface area contributed by atoms with E-state index < -0.39 is 24.1 Å². The third-order valence-electron chi connectivity index (χ3n) is 6.47. The highest BCUT2D eigenvalue weighted by molar-refractivity contribution is 8.03. The van der Waals surface area contributed by atoms with Crippen molar-refractivity contribution in [1.82, 2.24) is 15.1 Å². The molecule has 0 aromatic rings. The molecule has 160 valence electrons. The summed E-state index contributed by atoms with van der Waals surface area (Å²) < 4.78 is 0. The van der Waals surface area contributed by atoms with E-state index >= 15 is 0 Å². The van der Waals surface area contributed by atoms with Crippen LogP contribution in [0.1, 0.15) is 26.7 Å². The van der Waals surface area contributed by atoms with Crippen molar-refractivity contribution in [3.8, 4) is 0 Å². The number of aliphatic hydroxyl groups excluding tert-OH is 2. The maximum atomic E-state index is 12.6. The van der Waals surface area contributed by atoms with Crippen molar-refractivity contribution in [2.45, 2.75) is 56.2 Å². The molecule has 0 radical (unpaired) electrons. The van der Waals surface area contributed by atoms with Crippen molar-refractivity contribution >= 4 is 29.5 Å². The molecule has 4 aliphatic rings. The van der Waals surface area contributed by atoms with E-state index in [4.69, 9.17) is 0 Å². The lowest BCUT2D eigenvalue weighted by Crippen LogP contribution is -2.63. The number of hydrogen-bond donors (Lipinski definition) is 4.